The average Bonchev–Trinajstić information content (AvgIpc) is 2.59. The van der Waals surface area contributed by atoms with E-state index in [1.807, 2.05) is 0 Å². The van der Waals surface area contributed by atoms with E-state index in [1.54, 1.807) is 18.2 Å². The van der Waals surface area contributed by atoms with Gasteiger partial charge in [0.05, 0.1) is 25.1 Å². The first-order chi connectivity index (χ1) is 12.0. The molecule has 1 heterocycles. The summed E-state index contributed by atoms with van der Waals surface area (Å²) < 4.78 is 19.4. The zero-order valence-corrected chi connectivity index (χ0v) is 14.0. The highest BCUT2D eigenvalue weighted by Crippen LogP contribution is 2.37. The zero-order chi connectivity index (χ0) is 18.4. The summed E-state index contributed by atoms with van der Waals surface area (Å²) in [5.41, 5.74) is 5.33. The molecule has 1 aliphatic rings. The number of primary amides is 1. The summed E-state index contributed by atoms with van der Waals surface area (Å²) in [6.07, 6.45) is 0.440. The Labute approximate surface area is 145 Å². The minimum absolute atomic E-state index is 0.163. The maximum Gasteiger partial charge on any atom is 0.236 e. The van der Waals surface area contributed by atoms with E-state index in [-0.39, 0.29) is 44.0 Å². The molecule has 3 N–H and O–H groups in total. The van der Waals surface area contributed by atoms with Crippen molar-refractivity contribution in [3.63, 3.8) is 0 Å². The Morgan fingerprint density at radius 2 is 2.12 bits per heavy atom. The molecule has 7 nitrogen and oxygen atoms in total. The molecule has 136 valence electrons. The SMILES string of the molecule is COCCN1C(=O)CC[C@@H](C(=O)NCC(N)=O)[C@@H]1c1ccccc1F. The van der Waals surface area contributed by atoms with Crippen LogP contribution >= 0.6 is 0 Å². The molecule has 8 heteroatoms. The van der Waals surface area contributed by atoms with Crippen molar-refractivity contribution in [3.05, 3.63) is 35.6 Å². The van der Waals surface area contributed by atoms with Gasteiger partial charge in [0.25, 0.3) is 0 Å². The first kappa shape index (κ1) is 18.9. The largest absolute Gasteiger partial charge is 0.383 e. The third-order valence-electron chi connectivity index (χ3n) is 4.24. The molecule has 1 aromatic rings. The van der Waals surface area contributed by atoms with E-state index >= 15 is 0 Å². The summed E-state index contributed by atoms with van der Waals surface area (Å²) in [6, 6.07) is 5.30. The fourth-order valence-electron chi connectivity index (χ4n) is 3.09. The maximum absolute atomic E-state index is 14.4. The van der Waals surface area contributed by atoms with Gasteiger partial charge < -0.3 is 20.7 Å². The van der Waals surface area contributed by atoms with Crippen molar-refractivity contribution in [3.8, 4) is 0 Å². The molecule has 0 saturated carbocycles. The van der Waals surface area contributed by atoms with Crippen LogP contribution in [0.5, 0.6) is 0 Å². The van der Waals surface area contributed by atoms with Crippen LogP contribution in [0.15, 0.2) is 24.3 Å². The van der Waals surface area contributed by atoms with Gasteiger partial charge in [0.1, 0.15) is 5.82 Å². The second-order valence-electron chi connectivity index (χ2n) is 5.88. The number of methoxy groups -OCH3 is 1. The molecule has 3 amide bonds. The van der Waals surface area contributed by atoms with Gasteiger partial charge in [0.15, 0.2) is 0 Å². The van der Waals surface area contributed by atoms with E-state index < -0.39 is 29.6 Å². The molecule has 0 bridgehead atoms. The van der Waals surface area contributed by atoms with E-state index in [9.17, 15) is 18.8 Å². The van der Waals surface area contributed by atoms with Crippen molar-refractivity contribution in [2.45, 2.75) is 18.9 Å². The van der Waals surface area contributed by atoms with E-state index in [2.05, 4.69) is 5.32 Å². The molecule has 25 heavy (non-hydrogen) atoms. The van der Waals surface area contributed by atoms with Crippen LogP contribution in [0, 0.1) is 11.7 Å². The van der Waals surface area contributed by atoms with Crippen molar-refractivity contribution in [1.82, 2.24) is 10.2 Å². The topological polar surface area (TPSA) is 102 Å². The van der Waals surface area contributed by atoms with Crippen LogP contribution in [0.3, 0.4) is 0 Å². The summed E-state index contributed by atoms with van der Waals surface area (Å²) in [4.78, 5) is 37.3. The smallest absolute Gasteiger partial charge is 0.236 e. The lowest BCUT2D eigenvalue weighted by Gasteiger charge is -2.40. The molecule has 2 rings (SSSR count). The molecule has 1 fully saturated rings. The van der Waals surface area contributed by atoms with Gasteiger partial charge in [-0.05, 0) is 12.5 Å². The van der Waals surface area contributed by atoms with Crippen LogP contribution in [0.25, 0.3) is 0 Å². The minimum atomic E-state index is -0.759. The molecule has 1 aromatic carbocycles. The van der Waals surface area contributed by atoms with Gasteiger partial charge in [0.2, 0.25) is 17.7 Å². The molecule has 0 aliphatic carbocycles. The van der Waals surface area contributed by atoms with E-state index in [0.29, 0.717) is 0 Å². The highest BCUT2D eigenvalue weighted by molar-refractivity contribution is 5.88. The average molecular weight is 351 g/mol. The van der Waals surface area contributed by atoms with E-state index in [1.165, 1.54) is 18.1 Å². The van der Waals surface area contributed by atoms with E-state index in [0.717, 1.165) is 0 Å². The Kier molecular flexibility index (Phi) is 6.46. The molecule has 0 aromatic heterocycles. The van der Waals surface area contributed by atoms with Gasteiger partial charge in [-0.1, -0.05) is 18.2 Å². The number of hydrogen-bond acceptors (Lipinski definition) is 4. The molecular weight excluding hydrogens is 329 g/mol. The normalized spacial score (nSPS) is 20.4. The van der Waals surface area contributed by atoms with Crippen LogP contribution in [-0.2, 0) is 19.1 Å². The molecule has 0 spiro atoms. The number of hydrogen-bond donors (Lipinski definition) is 2. The number of halogens is 1. The van der Waals surface area contributed by atoms with Crippen molar-refractivity contribution in [2.24, 2.45) is 11.7 Å². The Bertz CT molecular complexity index is 653. The van der Waals surface area contributed by atoms with Gasteiger partial charge in [-0.2, -0.15) is 0 Å². The van der Waals surface area contributed by atoms with Crippen LogP contribution in [-0.4, -0.2) is 49.4 Å². The number of benzene rings is 1. The summed E-state index contributed by atoms with van der Waals surface area (Å²) in [5, 5.41) is 2.46. The molecule has 1 aliphatic heterocycles. The van der Waals surface area contributed by atoms with Crippen molar-refractivity contribution >= 4 is 17.7 Å². The fraction of sp³-hybridized carbons (Fsp3) is 0.471. The number of ether oxygens (including phenoxy) is 1. The first-order valence-corrected chi connectivity index (χ1v) is 8.04. The summed E-state index contributed by atoms with van der Waals surface area (Å²) in [7, 11) is 1.50. The molecule has 1 saturated heterocycles. The second kappa shape index (κ2) is 8.57. The number of amides is 3. The Morgan fingerprint density at radius 3 is 2.76 bits per heavy atom. The van der Waals surface area contributed by atoms with Gasteiger partial charge >= 0.3 is 0 Å². The van der Waals surface area contributed by atoms with Crippen LogP contribution in [0.1, 0.15) is 24.4 Å². The molecule has 2 atom stereocenters. The number of carbonyl (C=O) groups is 3. The van der Waals surface area contributed by atoms with Gasteiger partial charge in [-0.15, -0.1) is 0 Å². The second-order valence-corrected chi connectivity index (χ2v) is 5.88. The summed E-state index contributed by atoms with van der Waals surface area (Å²) in [6.45, 7) is 0.214. The highest BCUT2D eigenvalue weighted by Gasteiger charge is 2.41. The summed E-state index contributed by atoms with van der Waals surface area (Å²) >= 11 is 0. The standard InChI is InChI=1S/C17H22FN3O4/c1-25-9-8-21-15(23)7-6-12(17(24)20-10-14(19)22)16(21)11-4-2-3-5-13(11)18/h2-5,12,16H,6-10H2,1H3,(H2,19,22)(H,20,24)/t12-,16+/m1/s1. The van der Waals surface area contributed by atoms with E-state index in [4.69, 9.17) is 10.5 Å². The first-order valence-electron chi connectivity index (χ1n) is 8.04. The lowest BCUT2D eigenvalue weighted by atomic mass is 9.83. The van der Waals surface area contributed by atoms with Crippen LogP contribution < -0.4 is 11.1 Å². The number of rotatable bonds is 7. The van der Waals surface area contributed by atoms with Gasteiger partial charge in [0, 0.05) is 25.6 Å². The minimum Gasteiger partial charge on any atom is -0.383 e. The van der Waals surface area contributed by atoms with Crippen molar-refractivity contribution in [1.29, 1.82) is 0 Å². The third kappa shape index (κ3) is 4.54. The number of nitrogens with one attached hydrogen (secondary N) is 1. The lowest BCUT2D eigenvalue weighted by Crippen LogP contribution is -2.50. The highest BCUT2D eigenvalue weighted by atomic mass is 19.1. The van der Waals surface area contributed by atoms with Crippen molar-refractivity contribution < 1.29 is 23.5 Å². The van der Waals surface area contributed by atoms with Crippen LogP contribution in [0.2, 0.25) is 0 Å². The predicted molar refractivity (Wildman–Crippen MR) is 87.7 cm³/mol. The van der Waals surface area contributed by atoms with Crippen molar-refractivity contribution in [2.75, 3.05) is 26.8 Å². The number of nitrogens with zero attached hydrogens (tertiary/aromatic N) is 1. The third-order valence-corrected chi connectivity index (χ3v) is 4.24. The predicted octanol–water partition coefficient (Wildman–Crippen LogP) is 0.353. The number of piperidine rings is 1. The lowest BCUT2D eigenvalue weighted by molar-refractivity contribution is -0.144. The fourth-order valence-corrected chi connectivity index (χ4v) is 3.09. The molecular formula is C17H22FN3O4. The number of carbonyl (C=O) groups excluding carboxylic acids is 3. The molecule has 0 radical (unpaired) electrons. The van der Waals surface area contributed by atoms with Crippen LogP contribution in [0.4, 0.5) is 4.39 Å². The Balaban J connectivity index is 2.35. The maximum atomic E-state index is 14.4. The molecule has 0 unspecified atom stereocenters. The van der Waals surface area contributed by atoms with Gasteiger partial charge in [-0.25, -0.2) is 4.39 Å². The zero-order valence-electron chi connectivity index (χ0n) is 14.0. The number of likely N-dealkylation sites (tertiary alicyclic amines) is 1. The monoisotopic (exact) mass is 351 g/mol. The van der Waals surface area contributed by atoms with Gasteiger partial charge in [-0.3, -0.25) is 14.4 Å². The Morgan fingerprint density at radius 1 is 1.40 bits per heavy atom. The quantitative estimate of drug-likeness (QED) is 0.740. The Hall–Kier alpha value is -2.48. The number of nitrogens with two attached hydrogens (primary N) is 1. The summed E-state index contributed by atoms with van der Waals surface area (Å²) in [5.74, 6) is -2.42.